The van der Waals surface area contributed by atoms with E-state index < -0.39 is 0 Å². The predicted molar refractivity (Wildman–Crippen MR) is 279 cm³/mol. The molecule has 67 heavy (non-hydrogen) atoms. The first-order chi connectivity index (χ1) is 32.7. The maximum Gasteiger partial charge on any atom is 0.137 e. The van der Waals surface area contributed by atoms with E-state index in [0.29, 0.717) is 6.67 Å². The van der Waals surface area contributed by atoms with Crippen LogP contribution in [0.3, 0.4) is 0 Å². The first-order valence-corrected chi connectivity index (χ1v) is 23.1. The molecule has 324 valence electrons. The highest BCUT2D eigenvalue weighted by atomic mass is 16.5. The topological polar surface area (TPSA) is 43.4 Å². The first kappa shape index (κ1) is 39.1. The van der Waals surface area contributed by atoms with Crippen LogP contribution in [0.5, 0.6) is 11.5 Å². The Hall–Kier alpha value is -8.29. The van der Waals surface area contributed by atoms with Gasteiger partial charge in [-0.25, -0.2) is 4.98 Å². The van der Waals surface area contributed by atoms with E-state index in [2.05, 4.69) is 240 Å². The number of ether oxygens (including phenoxy) is 1. The fraction of sp³-hybridized carbons (Fsp3) is 0.117. The molecule has 0 aliphatic carbocycles. The molecule has 0 bridgehead atoms. The normalized spacial score (nSPS) is 13.0. The molecule has 0 saturated carbocycles. The summed E-state index contributed by atoms with van der Waals surface area (Å²) >= 11 is 0. The van der Waals surface area contributed by atoms with Gasteiger partial charge >= 0.3 is 0 Å². The monoisotopic (exact) mass is 868 g/mol. The molecule has 0 fully saturated rings. The summed E-state index contributed by atoms with van der Waals surface area (Å²) in [6, 6.07) is 65.5. The molecule has 0 radical (unpaired) electrons. The van der Waals surface area contributed by atoms with Crippen LogP contribution in [-0.4, -0.2) is 25.4 Å². The van der Waals surface area contributed by atoms with E-state index >= 15 is 0 Å². The van der Waals surface area contributed by atoms with E-state index in [1.165, 1.54) is 71.4 Å². The van der Waals surface area contributed by atoms with Gasteiger partial charge in [-0.15, -0.1) is 0 Å². The molecule has 0 amide bonds. The Morgan fingerprint density at radius 2 is 1.10 bits per heavy atom. The predicted octanol–water partition coefficient (Wildman–Crippen LogP) is 15.5. The molecule has 5 heterocycles. The molecule has 0 saturated heterocycles. The summed E-state index contributed by atoms with van der Waals surface area (Å²) in [4.78, 5) is 9.90. The molecule has 7 nitrogen and oxygen atoms in total. The van der Waals surface area contributed by atoms with Crippen LogP contribution in [0.15, 0.2) is 188 Å². The molecular weight excluding hydrogens is 821 g/mol. The van der Waals surface area contributed by atoms with Gasteiger partial charge in [-0.2, -0.15) is 0 Å². The molecule has 7 heteroatoms. The lowest BCUT2D eigenvalue weighted by atomic mass is 9.88. The number of benzene rings is 8. The lowest BCUT2D eigenvalue weighted by molar-refractivity contribution is 0.483. The van der Waals surface area contributed by atoms with Crippen LogP contribution >= 0.6 is 0 Å². The van der Waals surface area contributed by atoms with Crippen molar-refractivity contribution in [2.24, 2.45) is 14.1 Å². The summed E-state index contributed by atoms with van der Waals surface area (Å²) in [5, 5.41) is 7.35. The number of nitrogens with zero attached hydrogens (tertiary/aromatic N) is 6. The smallest absolute Gasteiger partial charge is 0.137 e. The van der Waals surface area contributed by atoms with E-state index in [0.717, 1.165) is 50.8 Å². The molecule has 4 aromatic heterocycles. The fourth-order valence-electron chi connectivity index (χ4n) is 10.8. The molecule has 1 aliphatic heterocycles. The second-order valence-electron chi connectivity index (χ2n) is 19.0. The van der Waals surface area contributed by atoms with Crippen molar-refractivity contribution in [2.75, 3.05) is 16.5 Å². The third-order valence-electron chi connectivity index (χ3n) is 14.1. The van der Waals surface area contributed by atoms with Crippen LogP contribution in [0.2, 0.25) is 0 Å². The average molecular weight is 869 g/mol. The van der Waals surface area contributed by atoms with Gasteiger partial charge in [0.15, 0.2) is 0 Å². The van der Waals surface area contributed by atoms with Crippen molar-refractivity contribution >= 4 is 88.2 Å². The number of anilines is 4. The van der Waals surface area contributed by atoms with Crippen molar-refractivity contribution in [1.82, 2.24) is 18.7 Å². The maximum absolute atomic E-state index is 6.88. The van der Waals surface area contributed by atoms with Crippen molar-refractivity contribution in [3.8, 4) is 28.4 Å². The van der Waals surface area contributed by atoms with Crippen molar-refractivity contribution in [2.45, 2.75) is 26.2 Å². The molecule has 0 unspecified atom stereocenters. The third kappa shape index (κ3) is 6.00. The SMILES string of the molecule is Cn1c2ccccc2c2cc3c4ccccc4n(C)c3c(N3CN(c4cccc(Oc5ccc6c7cc(-c8ccccc8)ccc7n(-c7cc(C(C)(C)C)ccn7)c6c5)c4)c4ccccc43)c21. The molecule has 1 aliphatic rings. The number of aryl methyl sites for hydroxylation is 2. The summed E-state index contributed by atoms with van der Waals surface area (Å²) < 4.78 is 13.9. The number of hydrogen-bond donors (Lipinski definition) is 0. The van der Waals surface area contributed by atoms with Gasteiger partial charge in [0.25, 0.3) is 0 Å². The molecule has 8 aromatic carbocycles. The molecule has 13 rings (SSSR count). The van der Waals surface area contributed by atoms with Gasteiger partial charge in [0, 0.05) is 81.5 Å². The number of fused-ring (bicyclic) bond motifs is 10. The molecule has 0 spiro atoms. The minimum atomic E-state index is -0.0331. The van der Waals surface area contributed by atoms with Crippen molar-refractivity contribution in [3.05, 3.63) is 194 Å². The Bertz CT molecular complexity index is 3870. The van der Waals surface area contributed by atoms with Crippen LogP contribution < -0.4 is 14.5 Å². The number of hydrogen-bond acceptors (Lipinski definition) is 4. The second-order valence-corrected chi connectivity index (χ2v) is 19.0. The summed E-state index contributed by atoms with van der Waals surface area (Å²) in [6.07, 6.45) is 1.93. The Morgan fingerprint density at radius 3 is 1.82 bits per heavy atom. The van der Waals surface area contributed by atoms with Crippen molar-refractivity contribution in [1.29, 1.82) is 0 Å². The van der Waals surface area contributed by atoms with Crippen LogP contribution in [0, 0.1) is 0 Å². The van der Waals surface area contributed by atoms with Crippen LogP contribution in [0.4, 0.5) is 22.7 Å². The lowest BCUT2D eigenvalue weighted by Gasteiger charge is -2.25. The Balaban J connectivity index is 0.921. The second kappa shape index (κ2) is 14.6. The Kier molecular flexibility index (Phi) is 8.53. The molecule has 0 N–H and O–H groups in total. The van der Waals surface area contributed by atoms with Crippen LogP contribution in [0.1, 0.15) is 26.3 Å². The van der Waals surface area contributed by atoms with E-state index in [1.54, 1.807) is 0 Å². The highest BCUT2D eigenvalue weighted by molar-refractivity contribution is 6.25. The quantitative estimate of drug-likeness (QED) is 0.167. The third-order valence-corrected chi connectivity index (χ3v) is 14.1. The number of pyridine rings is 1. The largest absolute Gasteiger partial charge is 0.457 e. The van der Waals surface area contributed by atoms with Gasteiger partial charge in [-0.05, 0) is 101 Å². The molecular formula is C60H48N6O. The minimum Gasteiger partial charge on any atom is -0.457 e. The first-order valence-electron chi connectivity index (χ1n) is 23.1. The molecule has 0 atom stereocenters. The number of aromatic nitrogens is 4. The van der Waals surface area contributed by atoms with Gasteiger partial charge in [-0.3, -0.25) is 4.57 Å². The summed E-state index contributed by atoms with van der Waals surface area (Å²) in [5.41, 5.74) is 15.2. The average Bonchev–Trinajstić information content (AvgIpc) is 4.07. The van der Waals surface area contributed by atoms with Gasteiger partial charge in [0.1, 0.15) is 24.0 Å². The number of para-hydroxylation sites is 4. The van der Waals surface area contributed by atoms with E-state index in [1.807, 2.05) is 6.20 Å². The molecule has 12 aromatic rings. The zero-order valence-electron chi connectivity index (χ0n) is 38.2. The zero-order valence-corrected chi connectivity index (χ0v) is 38.2. The fourth-order valence-corrected chi connectivity index (χ4v) is 10.8. The van der Waals surface area contributed by atoms with Gasteiger partial charge in [0.05, 0.1) is 39.1 Å². The number of rotatable bonds is 6. The standard InChI is InChI=1S/C60H48N6O/c1-60(2,3)40-30-31-61-56(33-40)66-52-29-26-39(38-16-7-6-8-17-38)32-47(52)46-28-27-43(35-55(46)66)67-42-19-15-18-41(34-42)64-37-65(54-25-14-13-24-53(54)64)59-57-48(44-20-9-11-22-50(44)62(57)4)36-49-45-21-10-12-23-51(45)63(5)58(49)59/h6-36H,37H2,1-5H3. The van der Waals surface area contributed by atoms with Gasteiger partial charge in [-0.1, -0.05) is 112 Å². The summed E-state index contributed by atoms with van der Waals surface area (Å²) in [6.45, 7) is 7.37. The Labute approximate surface area is 388 Å². The van der Waals surface area contributed by atoms with Crippen LogP contribution in [0.25, 0.3) is 82.4 Å². The van der Waals surface area contributed by atoms with Gasteiger partial charge in [0.2, 0.25) is 0 Å². The van der Waals surface area contributed by atoms with Crippen molar-refractivity contribution < 1.29 is 4.74 Å². The van der Waals surface area contributed by atoms with Crippen LogP contribution in [-0.2, 0) is 19.5 Å². The summed E-state index contributed by atoms with van der Waals surface area (Å²) in [5.74, 6) is 2.41. The highest BCUT2D eigenvalue weighted by Crippen LogP contribution is 2.51. The minimum absolute atomic E-state index is 0.0331. The van der Waals surface area contributed by atoms with E-state index in [9.17, 15) is 0 Å². The maximum atomic E-state index is 6.88. The zero-order chi connectivity index (χ0) is 45.1. The highest BCUT2D eigenvalue weighted by Gasteiger charge is 2.33. The van der Waals surface area contributed by atoms with E-state index in [-0.39, 0.29) is 5.41 Å². The lowest BCUT2D eigenvalue weighted by Crippen LogP contribution is -2.25. The summed E-state index contributed by atoms with van der Waals surface area (Å²) in [7, 11) is 4.42. The van der Waals surface area contributed by atoms with Crippen molar-refractivity contribution in [3.63, 3.8) is 0 Å². The van der Waals surface area contributed by atoms with E-state index in [4.69, 9.17) is 9.72 Å². The Morgan fingerprint density at radius 1 is 0.463 bits per heavy atom. The van der Waals surface area contributed by atoms with Gasteiger partial charge < -0.3 is 23.7 Å².